The first-order valence-corrected chi connectivity index (χ1v) is 4.80. The van der Waals surface area contributed by atoms with Crippen LogP contribution in [-0.2, 0) is 0 Å². The third-order valence-electron chi connectivity index (χ3n) is 2.20. The molecular weight excluding hydrogens is 232 g/mol. The smallest absolute Gasteiger partial charge is 0.180 e. The van der Waals surface area contributed by atoms with Crippen molar-refractivity contribution in [2.45, 2.75) is 6.92 Å². The molecule has 0 atom stereocenters. The Morgan fingerprint density at radius 2 is 2.12 bits per heavy atom. The zero-order valence-electron chi connectivity index (χ0n) is 8.34. The first-order valence-electron chi connectivity index (χ1n) is 4.40. The molecule has 0 aliphatic rings. The van der Waals surface area contributed by atoms with Gasteiger partial charge in [-0.1, -0.05) is 12.2 Å². The van der Waals surface area contributed by atoms with Crippen LogP contribution in [-0.4, -0.2) is 16.7 Å². The summed E-state index contributed by atoms with van der Waals surface area (Å²) >= 11 is 4.95. The van der Waals surface area contributed by atoms with Crippen LogP contribution in [0.25, 0.3) is 11.0 Å². The lowest BCUT2D eigenvalue weighted by molar-refractivity contribution is 0.506. The number of hydrogen-bond acceptors (Lipinski definition) is 3. The van der Waals surface area contributed by atoms with Crippen molar-refractivity contribution in [2.24, 2.45) is 4.99 Å². The molecule has 0 saturated carbocycles. The Kier molecular flexibility index (Phi) is 2.51. The van der Waals surface area contributed by atoms with Crippen LogP contribution in [0, 0.1) is 23.2 Å². The van der Waals surface area contributed by atoms with Gasteiger partial charge in [0.1, 0.15) is 10.3 Å². The predicted molar refractivity (Wildman–Crippen MR) is 60.8 cm³/mol. The predicted octanol–water partition coefficient (Wildman–Crippen LogP) is 3.21. The Labute approximate surface area is 94.9 Å². The topological polar surface area (TPSA) is 41.0 Å². The molecule has 0 amide bonds. The van der Waals surface area contributed by atoms with E-state index in [0.29, 0.717) is 10.3 Å². The van der Waals surface area contributed by atoms with E-state index < -0.39 is 11.6 Å². The van der Waals surface area contributed by atoms with Crippen LogP contribution < -0.4 is 0 Å². The van der Waals surface area contributed by atoms with Gasteiger partial charge in [-0.3, -0.25) is 4.99 Å². The number of hydrogen-bond donors (Lipinski definition) is 1. The maximum absolute atomic E-state index is 13.6. The van der Waals surface area contributed by atoms with Crippen molar-refractivity contribution in [3.8, 4) is 0 Å². The van der Waals surface area contributed by atoms with Gasteiger partial charge in [-0.05, 0) is 19.7 Å². The van der Waals surface area contributed by atoms with Crippen molar-refractivity contribution >= 4 is 35.7 Å². The number of aryl methyl sites for hydroxylation is 1. The third kappa shape index (κ3) is 1.51. The fourth-order valence-corrected chi connectivity index (χ4v) is 1.60. The molecule has 16 heavy (non-hydrogen) atoms. The SMILES string of the molecule is C=Nc1cc2c(F)c(F)c(C)nc2[nH]c1=S. The number of aromatic amines is 1. The number of H-pyrrole nitrogens is 1. The Morgan fingerprint density at radius 1 is 1.44 bits per heavy atom. The maximum Gasteiger partial charge on any atom is 0.180 e. The Bertz CT molecular complexity index is 649. The minimum Gasteiger partial charge on any atom is -0.329 e. The average Bonchev–Trinajstić information content (AvgIpc) is 2.26. The lowest BCUT2D eigenvalue weighted by atomic mass is 10.2. The van der Waals surface area contributed by atoms with Gasteiger partial charge < -0.3 is 4.98 Å². The molecular formula is C10H7F2N3S. The van der Waals surface area contributed by atoms with Gasteiger partial charge in [0.15, 0.2) is 11.6 Å². The highest BCUT2D eigenvalue weighted by Gasteiger charge is 2.13. The second-order valence-corrected chi connectivity index (χ2v) is 3.64. The summed E-state index contributed by atoms with van der Waals surface area (Å²) in [6.45, 7) is 4.68. The molecule has 2 aromatic heterocycles. The van der Waals surface area contributed by atoms with Gasteiger partial charge in [-0.25, -0.2) is 13.8 Å². The summed E-state index contributed by atoms with van der Waals surface area (Å²) in [6.07, 6.45) is 0. The van der Waals surface area contributed by atoms with Crippen LogP contribution in [0.5, 0.6) is 0 Å². The van der Waals surface area contributed by atoms with Crippen LogP contribution in [0.3, 0.4) is 0 Å². The number of aliphatic imine (C=N–C) groups is 1. The molecule has 0 saturated heterocycles. The molecule has 3 nitrogen and oxygen atoms in total. The summed E-state index contributed by atoms with van der Waals surface area (Å²) in [5, 5.41) is 0.0131. The largest absolute Gasteiger partial charge is 0.329 e. The van der Waals surface area contributed by atoms with Gasteiger partial charge in [0.05, 0.1) is 16.8 Å². The van der Waals surface area contributed by atoms with E-state index >= 15 is 0 Å². The Morgan fingerprint density at radius 3 is 2.75 bits per heavy atom. The number of halogens is 2. The molecule has 0 radical (unpaired) electrons. The molecule has 0 aliphatic carbocycles. The standard InChI is InChI=1S/C10H7F2N3S/c1-4-7(11)8(12)5-3-6(13-2)10(16)15-9(5)14-4/h3H,2H2,1H3,(H,14,15,16). The third-order valence-corrected chi connectivity index (χ3v) is 2.51. The molecule has 6 heteroatoms. The molecule has 0 aromatic carbocycles. The molecule has 1 N–H and O–H groups in total. The van der Waals surface area contributed by atoms with Crippen LogP contribution in [0.2, 0.25) is 0 Å². The van der Waals surface area contributed by atoms with Crippen molar-refractivity contribution in [1.82, 2.24) is 9.97 Å². The molecule has 0 unspecified atom stereocenters. The van der Waals surface area contributed by atoms with E-state index in [1.807, 2.05) is 0 Å². The number of rotatable bonds is 1. The minimum atomic E-state index is -0.965. The van der Waals surface area contributed by atoms with Crippen molar-refractivity contribution < 1.29 is 8.78 Å². The summed E-state index contributed by atoms with van der Waals surface area (Å²) in [6, 6.07) is 1.33. The van der Waals surface area contributed by atoms with E-state index in [0.717, 1.165) is 0 Å². The number of nitrogens with one attached hydrogen (secondary N) is 1. The zero-order chi connectivity index (χ0) is 11.9. The van der Waals surface area contributed by atoms with Gasteiger partial charge in [-0.15, -0.1) is 0 Å². The average molecular weight is 239 g/mol. The van der Waals surface area contributed by atoms with Gasteiger partial charge in [-0.2, -0.15) is 0 Å². The van der Waals surface area contributed by atoms with Gasteiger partial charge in [0, 0.05) is 0 Å². The molecule has 0 spiro atoms. The second kappa shape index (κ2) is 3.71. The highest BCUT2D eigenvalue weighted by atomic mass is 32.1. The van der Waals surface area contributed by atoms with Crippen LogP contribution in [0.1, 0.15) is 5.69 Å². The monoisotopic (exact) mass is 239 g/mol. The van der Waals surface area contributed by atoms with E-state index in [1.54, 1.807) is 0 Å². The van der Waals surface area contributed by atoms with Crippen LogP contribution in [0.15, 0.2) is 11.1 Å². The summed E-state index contributed by atoms with van der Waals surface area (Å²) in [5.41, 5.74) is 0.482. The van der Waals surface area contributed by atoms with Gasteiger partial charge >= 0.3 is 0 Å². The molecule has 2 heterocycles. The molecule has 82 valence electrons. The molecule has 2 aromatic rings. The first kappa shape index (κ1) is 10.8. The van der Waals surface area contributed by atoms with Gasteiger partial charge in [0.25, 0.3) is 0 Å². The highest BCUT2D eigenvalue weighted by molar-refractivity contribution is 7.71. The lowest BCUT2D eigenvalue weighted by Crippen LogP contribution is -1.97. The van der Waals surface area contributed by atoms with Crippen molar-refractivity contribution in [2.75, 3.05) is 0 Å². The van der Waals surface area contributed by atoms with Crippen molar-refractivity contribution in [3.05, 3.63) is 28.0 Å². The maximum atomic E-state index is 13.6. The van der Waals surface area contributed by atoms with E-state index in [1.165, 1.54) is 13.0 Å². The number of pyridine rings is 2. The summed E-state index contributed by atoms with van der Waals surface area (Å²) in [4.78, 5) is 10.2. The summed E-state index contributed by atoms with van der Waals surface area (Å²) in [7, 11) is 0. The summed E-state index contributed by atoms with van der Waals surface area (Å²) < 4.78 is 27.1. The number of aromatic nitrogens is 2. The fourth-order valence-electron chi connectivity index (χ4n) is 1.38. The fraction of sp³-hybridized carbons (Fsp3) is 0.100. The van der Waals surface area contributed by atoms with E-state index in [-0.39, 0.29) is 16.7 Å². The van der Waals surface area contributed by atoms with E-state index in [4.69, 9.17) is 12.2 Å². The molecule has 0 aliphatic heterocycles. The molecule has 2 rings (SSSR count). The van der Waals surface area contributed by atoms with E-state index in [2.05, 4.69) is 21.7 Å². The number of nitrogens with zero attached hydrogens (tertiary/aromatic N) is 2. The second-order valence-electron chi connectivity index (χ2n) is 3.23. The van der Waals surface area contributed by atoms with E-state index in [9.17, 15) is 8.78 Å². The van der Waals surface area contributed by atoms with Crippen LogP contribution >= 0.6 is 12.2 Å². The first-order chi connectivity index (χ1) is 7.54. The molecule has 0 fully saturated rings. The summed E-state index contributed by atoms with van der Waals surface area (Å²) in [5.74, 6) is -1.92. The Balaban J connectivity index is 2.98. The molecule has 0 bridgehead atoms. The quantitative estimate of drug-likeness (QED) is 0.613. The Hall–Kier alpha value is -1.69. The van der Waals surface area contributed by atoms with Gasteiger partial charge in [0.2, 0.25) is 0 Å². The minimum absolute atomic E-state index is 0.0131. The zero-order valence-corrected chi connectivity index (χ0v) is 9.16. The highest BCUT2D eigenvalue weighted by Crippen LogP contribution is 2.24. The van der Waals surface area contributed by atoms with Crippen LogP contribution in [0.4, 0.5) is 14.5 Å². The lowest BCUT2D eigenvalue weighted by Gasteiger charge is -2.04. The number of fused-ring (bicyclic) bond motifs is 1. The normalized spacial score (nSPS) is 10.7. The van der Waals surface area contributed by atoms with Crippen molar-refractivity contribution in [3.63, 3.8) is 0 Å². The van der Waals surface area contributed by atoms with Crippen molar-refractivity contribution in [1.29, 1.82) is 0 Å².